The molecule has 22 heavy (non-hydrogen) atoms. The topological polar surface area (TPSA) is 84.5 Å². The number of esters is 1. The van der Waals surface area contributed by atoms with Crippen LogP contribution in [-0.2, 0) is 19.1 Å². The molecule has 7 heteroatoms. The molecule has 1 aromatic rings. The van der Waals surface area contributed by atoms with Gasteiger partial charge in [-0.2, -0.15) is 0 Å². The van der Waals surface area contributed by atoms with Crippen LogP contribution in [0.15, 0.2) is 18.2 Å². The Hall–Kier alpha value is -2.44. The molecule has 6 nitrogen and oxygen atoms in total. The van der Waals surface area contributed by atoms with E-state index in [9.17, 15) is 18.8 Å². The molecule has 1 aromatic carbocycles. The molecule has 1 heterocycles. The lowest BCUT2D eigenvalue weighted by Gasteiger charge is -2.16. The number of carbonyl (C=O) groups is 3. The van der Waals surface area contributed by atoms with Crippen molar-refractivity contribution in [1.82, 2.24) is 5.32 Å². The number of ether oxygens (including phenoxy) is 1. The van der Waals surface area contributed by atoms with Gasteiger partial charge in [0.1, 0.15) is 11.9 Å². The molecule has 1 saturated heterocycles. The average molecular weight is 308 g/mol. The van der Waals surface area contributed by atoms with Crippen molar-refractivity contribution in [3.63, 3.8) is 0 Å². The number of amides is 2. The van der Waals surface area contributed by atoms with E-state index in [0.717, 1.165) is 0 Å². The van der Waals surface area contributed by atoms with E-state index in [1.54, 1.807) is 13.0 Å². The highest BCUT2D eigenvalue weighted by Gasteiger charge is 2.30. The molecule has 1 fully saturated rings. The smallest absolute Gasteiger partial charge is 0.329 e. The van der Waals surface area contributed by atoms with E-state index < -0.39 is 29.8 Å². The molecule has 118 valence electrons. The second kappa shape index (κ2) is 6.55. The van der Waals surface area contributed by atoms with Crippen LogP contribution in [0.4, 0.5) is 10.1 Å². The number of benzene rings is 1. The number of hydrogen-bond acceptors (Lipinski definition) is 4. The van der Waals surface area contributed by atoms with E-state index >= 15 is 0 Å². The summed E-state index contributed by atoms with van der Waals surface area (Å²) >= 11 is 0. The van der Waals surface area contributed by atoms with Crippen LogP contribution in [-0.4, -0.2) is 29.9 Å². The lowest BCUT2D eigenvalue weighted by atomic mass is 10.2. The van der Waals surface area contributed by atoms with Crippen molar-refractivity contribution in [2.45, 2.75) is 38.8 Å². The molecule has 0 aromatic heterocycles. The van der Waals surface area contributed by atoms with Gasteiger partial charge in [-0.15, -0.1) is 0 Å². The fraction of sp³-hybridized carbons (Fsp3) is 0.400. The Labute approximate surface area is 127 Å². The van der Waals surface area contributed by atoms with Crippen molar-refractivity contribution in [1.29, 1.82) is 0 Å². The first-order valence-corrected chi connectivity index (χ1v) is 6.93. The van der Waals surface area contributed by atoms with Crippen LogP contribution in [0, 0.1) is 12.7 Å². The van der Waals surface area contributed by atoms with Crippen molar-refractivity contribution < 1.29 is 23.5 Å². The highest BCUT2D eigenvalue weighted by molar-refractivity contribution is 5.96. The molecule has 0 unspecified atom stereocenters. The number of anilines is 1. The summed E-state index contributed by atoms with van der Waals surface area (Å²) in [5.41, 5.74) is 0.750. The largest absolute Gasteiger partial charge is 0.451 e. The Morgan fingerprint density at radius 2 is 2.18 bits per heavy atom. The van der Waals surface area contributed by atoms with Crippen molar-refractivity contribution in [2.24, 2.45) is 0 Å². The van der Waals surface area contributed by atoms with E-state index in [-0.39, 0.29) is 18.0 Å². The van der Waals surface area contributed by atoms with E-state index in [1.807, 2.05) is 0 Å². The Morgan fingerprint density at radius 3 is 2.77 bits per heavy atom. The van der Waals surface area contributed by atoms with Crippen LogP contribution in [0.3, 0.4) is 0 Å². The average Bonchev–Trinajstić information content (AvgIpc) is 2.89. The third-order valence-corrected chi connectivity index (χ3v) is 3.38. The number of rotatable bonds is 4. The number of nitrogens with one attached hydrogen (secondary N) is 2. The van der Waals surface area contributed by atoms with E-state index in [0.29, 0.717) is 12.0 Å². The Morgan fingerprint density at radius 1 is 1.45 bits per heavy atom. The van der Waals surface area contributed by atoms with E-state index in [4.69, 9.17) is 4.74 Å². The van der Waals surface area contributed by atoms with Gasteiger partial charge in [0, 0.05) is 12.1 Å². The van der Waals surface area contributed by atoms with E-state index in [2.05, 4.69) is 10.6 Å². The third-order valence-electron chi connectivity index (χ3n) is 3.38. The number of carbonyl (C=O) groups excluding carboxylic acids is 3. The Kier molecular flexibility index (Phi) is 4.75. The zero-order chi connectivity index (χ0) is 16.3. The Bertz CT molecular complexity index is 618. The van der Waals surface area contributed by atoms with Gasteiger partial charge in [0.15, 0.2) is 6.10 Å². The standard InChI is InChI=1S/C15H17FN2O4/c1-8-3-4-10(7-11(8)16)17-14(20)9(2)22-15(21)12-5-6-13(19)18-12/h3-4,7,9,12H,5-6H2,1-2H3,(H,17,20)(H,18,19)/t9-,12-/m1/s1. The maximum atomic E-state index is 13.4. The third kappa shape index (κ3) is 3.81. The van der Waals surface area contributed by atoms with Gasteiger partial charge < -0.3 is 15.4 Å². The van der Waals surface area contributed by atoms with Crippen LogP contribution in [0.25, 0.3) is 0 Å². The van der Waals surface area contributed by atoms with Gasteiger partial charge in [-0.1, -0.05) is 6.07 Å². The maximum Gasteiger partial charge on any atom is 0.329 e. The van der Waals surface area contributed by atoms with Gasteiger partial charge in [0.2, 0.25) is 5.91 Å². The highest BCUT2D eigenvalue weighted by atomic mass is 19.1. The summed E-state index contributed by atoms with van der Waals surface area (Å²) < 4.78 is 18.4. The molecule has 2 amide bonds. The number of halogens is 1. The summed E-state index contributed by atoms with van der Waals surface area (Å²) in [6, 6.07) is 3.58. The van der Waals surface area contributed by atoms with E-state index in [1.165, 1.54) is 19.1 Å². The fourth-order valence-electron chi connectivity index (χ4n) is 2.02. The first-order valence-electron chi connectivity index (χ1n) is 6.93. The highest BCUT2D eigenvalue weighted by Crippen LogP contribution is 2.15. The molecule has 2 N–H and O–H groups in total. The van der Waals surface area contributed by atoms with Gasteiger partial charge in [-0.05, 0) is 38.0 Å². The van der Waals surface area contributed by atoms with Crippen LogP contribution in [0.5, 0.6) is 0 Å². The molecule has 1 aliphatic heterocycles. The predicted molar refractivity (Wildman–Crippen MR) is 76.5 cm³/mol. The molecular formula is C15H17FN2O4. The lowest BCUT2D eigenvalue weighted by molar-refractivity contribution is -0.155. The predicted octanol–water partition coefficient (Wildman–Crippen LogP) is 1.28. The second-order valence-corrected chi connectivity index (χ2v) is 5.19. The molecule has 2 atom stereocenters. The van der Waals surface area contributed by atoms with Crippen LogP contribution in [0.1, 0.15) is 25.3 Å². The van der Waals surface area contributed by atoms with Gasteiger partial charge in [0.25, 0.3) is 5.91 Å². The van der Waals surface area contributed by atoms with Crippen molar-refractivity contribution in [2.75, 3.05) is 5.32 Å². The zero-order valence-corrected chi connectivity index (χ0v) is 12.3. The zero-order valence-electron chi connectivity index (χ0n) is 12.3. The first-order chi connectivity index (χ1) is 10.4. The second-order valence-electron chi connectivity index (χ2n) is 5.19. The van der Waals surface area contributed by atoms with Crippen molar-refractivity contribution in [3.8, 4) is 0 Å². The molecule has 0 spiro atoms. The minimum atomic E-state index is -1.05. The van der Waals surface area contributed by atoms with Gasteiger partial charge in [0.05, 0.1) is 0 Å². The summed E-state index contributed by atoms with van der Waals surface area (Å²) in [4.78, 5) is 34.7. The normalized spacial score (nSPS) is 18.5. The summed E-state index contributed by atoms with van der Waals surface area (Å²) in [5.74, 6) is -1.87. The van der Waals surface area contributed by atoms with Crippen LogP contribution >= 0.6 is 0 Å². The lowest BCUT2D eigenvalue weighted by Crippen LogP contribution is -2.39. The molecule has 0 radical (unpaired) electrons. The van der Waals surface area contributed by atoms with Crippen molar-refractivity contribution in [3.05, 3.63) is 29.6 Å². The molecule has 1 aliphatic rings. The van der Waals surface area contributed by atoms with Crippen LogP contribution < -0.4 is 10.6 Å². The minimum absolute atomic E-state index is 0.214. The fourth-order valence-corrected chi connectivity index (χ4v) is 2.02. The number of hydrogen-bond donors (Lipinski definition) is 2. The SMILES string of the molecule is Cc1ccc(NC(=O)[C@@H](C)OC(=O)[C@H]2CCC(=O)N2)cc1F. The minimum Gasteiger partial charge on any atom is -0.451 e. The number of aryl methyl sites for hydroxylation is 1. The van der Waals surface area contributed by atoms with Crippen molar-refractivity contribution >= 4 is 23.5 Å². The molecular weight excluding hydrogens is 291 g/mol. The molecule has 2 rings (SSSR count). The van der Waals surface area contributed by atoms with Gasteiger partial charge in [-0.25, -0.2) is 9.18 Å². The maximum absolute atomic E-state index is 13.4. The monoisotopic (exact) mass is 308 g/mol. The molecule has 0 bridgehead atoms. The first kappa shape index (κ1) is 15.9. The summed E-state index contributed by atoms with van der Waals surface area (Å²) in [7, 11) is 0. The summed E-state index contributed by atoms with van der Waals surface area (Å²) in [6.45, 7) is 3.02. The molecule has 0 saturated carbocycles. The quantitative estimate of drug-likeness (QED) is 0.821. The van der Waals surface area contributed by atoms with Gasteiger partial charge >= 0.3 is 5.97 Å². The summed E-state index contributed by atoms with van der Waals surface area (Å²) in [6.07, 6.45) is -0.424. The Balaban J connectivity index is 1.90. The van der Waals surface area contributed by atoms with Gasteiger partial charge in [-0.3, -0.25) is 9.59 Å². The molecule has 0 aliphatic carbocycles. The summed E-state index contributed by atoms with van der Waals surface area (Å²) in [5, 5.41) is 4.94. The van der Waals surface area contributed by atoms with Crippen LogP contribution in [0.2, 0.25) is 0 Å².